The second-order valence-electron chi connectivity index (χ2n) is 0.686. The Bertz CT molecular complexity index is 192. The van der Waals surface area contributed by atoms with Crippen LogP contribution in [0.3, 0.4) is 0 Å². The molecule has 0 amide bonds. The molecule has 0 unspecified atom stereocenters. The fraction of sp³-hybridized carbons (Fsp3) is 0. The molecular weight excluding hydrogens is 199 g/mol. The van der Waals surface area contributed by atoms with E-state index in [1.165, 1.54) is 0 Å². The number of hydrogen-bond donors (Lipinski definition) is 4. The number of hydrogen-bond acceptors (Lipinski definition) is 4. The van der Waals surface area contributed by atoms with E-state index in [4.69, 9.17) is 30.5 Å². The van der Waals surface area contributed by atoms with Gasteiger partial charge in [-0.3, -0.25) is 13.7 Å². The van der Waals surface area contributed by atoms with E-state index in [9.17, 15) is 0 Å². The number of rotatable bonds is 0. The molecule has 3 N–H and O–H groups in total. The van der Waals surface area contributed by atoms with Gasteiger partial charge in [0, 0.05) is 0 Å². The molecule has 60 valence electrons. The molecule has 0 rings (SSSR count). The van der Waals surface area contributed by atoms with Crippen molar-refractivity contribution >= 4 is 50.9 Å². The van der Waals surface area contributed by atoms with Crippen LogP contribution in [-0.2, 0) is 21.4 Å². The first-order valence-electron chi connectivity index (χ1n) is 1.26. The van der Waals surface area contributed by atoms with Gasteiger partial charge in [0.15, 0.2) is 0 Å². The summed E-state index contributed by atoms with van der Waals surface area (Å²) in [5, 5.41) is 0. The third kappa shape index (κ3) is 874. The zero-order valence-corrected chi connectivity index (χ0v) is 5.54. The summed E-state index contributed by atoms with van der Waals surface area (Å²) in [5.41, 5.74) is 0. The predicted octanol–water partition coefficient (Wildman–Crippen LogP) is -2.23. The van der Waals surface area contributed by atoms with Gasteiger partial charge in [-0.05, 0) is 0 Å². The molecule has 10 heteroatoms. The van der Waals surface area contributed by atoms with Gasteiger partial charge in [-0.15, -0.1) is 0 Å². The molecular formula is H5NaO7S2. The quantitative estimate of drug-likeness (QED) is 0.199. The van der Waals surface area contributed by atoms with Crippen LogP contribution in [0.1, 0.15) is 0 Å². The Morgan fingerprint density at radius 2 is 1.10 bits per heavy atom. The molecule has 0 aromatic heterocycles. The van der Waals surface area contributed by atoms with Crippen molar-refractivity contribution in [1.29, 1.82) is 0 Å². The Morgan fingerprint density at radius 3 is 1.10 bits per heavy atom. The van der Waals surface area contributed by atoms with Gasteiger partial charge in [0.25, 0.3) is 11.0 Å². The monoisotopic (exact) mass is 204 g/mol. The van der Waals surface area contributed by atoms with Crippen molar-refractivity contribution in [3.63, 3.8) is 0 Å². The minimum absolute atomic E-state index is 0. The second kappa shape index (κ2) is 7.88. The summed E-state index contributed by atoms with van der Waals surface area (Å²) in [7, 11) is -7.79. The van der Waals surface area contributed by atoms with Crippen molar-refractivity contribution in [1.82, 2.24) is 0 Å². The molecule has 0 saturated heterocycles. The SMILES string of the molecule is O=S(=O)(O)O.O=[SH](=O)O.[NaH]. The van der Waals surface area contributed by atoms with Crippen LogP contribution in [0.25, 0.3) is 0 Å². The first-order chi connectivity index (χ1) is 3.73. The zero-order chi connectivity index (χ0) is 8.08. The van der Waals surface area contributed by atoms with Crippen LogP contribution >= 0.6 is 0 Å². The van der Waals surface area contributed by atoms with Crippen LogP contribution in [0.4, 0.5) is 0 Å². The van der Waals surface area contributed by atoms with E-state index in [2.05, 4.69) is 0 Å². The van der Waals surface area contributed by atoms with E-state index in [1.54, 1.807) is 0 Å². The summed E-state index contributed by atoms with van der Waals surface area (Å²) < 4.78 is 55.8. The van der Waals surface area contributed by atoms with Crippen LogP contribution in [0, 0.1) is 0 Å². The Hall–Kier alpha value is 0.780. The third-order valence-corrected chi connectivity index (χ3v) is 0. The van der Waals surface area contributed by atoms with Gasteiger partial charge in [0.1, 0.15) is 0 Å². The summed E-state index contributed by atoms with van der Waals surface area (Å²) >= 11 is 0. The van der Waals surface area contributed by atoms with Crippen molar-refractivity contribution in [2.45, 2.75) is 0 Å². The van der Waals surface area contributed by atoms with Crippen molar-refractivity contribution < 1.29 is 30.5 Å². The van der Waals surface area contributed by atoms with Crippen molar-refractivity contribution in [3.05, 3.63) is 0 Å². The van der Waals surface area contributed by atoms with Crippen LogP contribution in [0.2, 0.25) is 0 Å². The second-order valence-corrected chi connectivity index (χ2v) is 2.06. The van der Waals surface area contributed by atoms with Gasteiger partial charge in [-0.1, -0.05) is 0 Å². The van der Waals surface area contributed by atoms with E-state index in [0.29, 0.717) is 0 Å². The average Bonchev–Trinajstić information content (AvgIpc) is 1.19. The Balaban J connectivity index is -0.0000000910. The summed E-state index contributed by atoms with van der Waals surface area (Å²) in [6, 6.07) is 0. The maximum absolute atomic E-state index is 8.74. The molecule has 0 aliphatic rings. The minimum atomic E-state index is -4.67. The fourth-order valence-corrected chi connectivity index (χ4v) is 0. The first kappa shape index (κ1) is 17.0. The van der Waals surface area contributed by atoms with E-state index in [1.807, 2.05) is 0 Å². The van der Waals surface area contributed by atoms with Crippen LogP contribution < -0.4 is 0 Å². The van der Waals surface area contributed by atoms with Gasteiger partial charge in [0.2, 0.25) is 0 Å². The molecule has 0 bridgehead atoms. The molecule has 0 aromatic carbocycles. The van der Waals surface area contributed by atoms with Crippen molar-refractivity contribution in [3.8, 4) is 0 Å². The van der Waals surface area contributed by atoms with Gasteiger partial charge < -0.3 is 0 Å². The van der Waals surface area contributed by atoms with Crippen molar-refractivity contribution in [2.24, 2.45) is 0 Å². The Kier molecular flexibility index (Phi) is 13.4. The molecule has 0 fully saturated rings. The predicted molar refractivity (Wildman–Crippen MR) is 34.3 cm³/mol. The van der Waals surface area contributed by atoms with Crippen LogP contribution in [0.15, 0.2) is 0 Å². The standard InChI is InChI=1S/Na.H2O4S.H2O3S.H/c;1-5(2,3)4;1-4(2)3;/h;(H2,1,2,3,4);4H,(H,1,2,3);. The third-order valence-electron chi connectivity index (χ3n) is 0. The van der Waals surface area contributed by atoms with Gasteiger partial charge in [-0.2, -0.15) is 8.42 Å². The van der Waals surface area contributed by atoms with Crippen LogP contribution in [-0.4, -0.2) is 60.1 Å². The first-order valence-corrected chi connectivity index (χ1v) is 3.79. The van der Waals surface area contributed by atoms with E-state index >= 15 is 0 Å². The van der Waals surface area contributed by atoms with E-state index < -0.39 is 21.4 Å². The maximum atomic E-state index is 8.74. The molecule has 0 heterocycles. The molecule has 0 aliphatic heterocycles. The summed E-state index contributed by atoms with van der Waals surface area (Å²) in [5.74, 6) is 0. The molecule has 0 radical (unpaired) electrons. The molecule has 0 saturated carbocycles. The van der Waals surface area contributed by atoms with E-state index in [0.717, 1.165) is 0 Å². The topological polar surface area (TPSA) is 129 Å². The van der Waals surface area contributed by atoms with Gasteiger partial charge >= 0.3 is 40.0 Å². The summed E-state index contributed by atoms with van der Waals surface area (Å²) in [6.45, 7) is 0. The Morgan fingerprint density at radius 1 is 1.10 bits per heavy atom. The summed E-state index contributed by atoms with van der Waals surface area (Å²) in [4.78, 5) is 0. The molecule has 0 aliphatic carbocycles. The molecule has 0 aromatic rings. The molecule has 10 heavy (non-hydrogen) atoms. The van der Waals surface area contributed by atoms with Crippen LogP contribution in [0.5, 0.6) is 0 Å². The Labute approximate surface area is 81.1 Å². The normalized spacial score (nSPS) is 9.20. The van der Waals surface area contributed by atoms with Gasteiger partial charge in [0.05, 0.1) is 0 Å². The average molecular weight is 204 g/mol. The molecule has 0 spiro atoms. The van der Waals surface area contributed by atoms with E-state index in [-0.39, 0.29) is 29.6 Å². The number of thiol groups is 1. The molecule has 7 nitrogen and oxygen atoms in total. The van der Waals surface area contributed by atoms with Gasteiger partial charge in [-0.25, -0.2) is 8.42 Å². The fourth-order valence-electron chi connectivity index (χ4n) is 0. The zero-order valence-electron chi connectivity index (χ0n) is 3.83. The molecule has 0 atom stereocenters. The van der Waals surface area contributed by atoms with Crippen molar-refractivity contribution in [2.75, 3.05) is 0 Å². The summed E-state index contributed by atoms with van der Waals surface area (Å²) in [6.07, 6.45) is 0.